The Morgan fingerprint density at radius 3 is 1.43 bits per heavy atom. The fourth-order valence-corrected chi connectivity index (χ4v) is 2.30. The summed E-state index contributed by atoms with van der Waals surface area (Å²) < 4.78 is 0. The molecule has 0 aromatic rings. The first-order valence-corrected chi connectivity index (χ1v) is 6.12. The molecule has 0 radical (unpaired) electrons. The third kappa shape index (κ3) is 2.32. The number of rotatable bonds is 5. The van der Waals surface area contributed by atoms with Gasteiger partial charge in [-0.1, -0.05) is 68.2 Å². The zero-order valence-corrected chi connectivity index (χ0v) is 11.6. The Balaban J connectivity index is 4.92. The Hall–Kier alpha value is 0. The van der Waals surface area contributed by atoms with Gasteiger partial charge in [-0.3, -0.25) is 0 Å². The lowest BCUT2D eigenvalue weighted by atomic mass is 9.53. The Bertz CT molecular complexity index is 172. The number of hydrogen-bond acceptors (Lipinski definition) is 0. The van der Waals surface area contributed by atoms with E-state index in [2.05, 4.69) is 55.4 Å². The van der Waals surface area contributed by atoms with Gasteiger partial charge in [0, 0.05) is 0 Å². The normalized spacial score (nSPS) is 14.6. The topological polar surface area (TPSA) is 0 Å². The van der Waals surface area contributed by atoms with Crippen molar-refractivity contribution in [3.05, 3.63) is 0 Å². The molecule has 0 N–H and O–H groups in total. The van der Waals surface area contributed by atoms with Gasteiger partial charge >= 0.3 is 0 Å². The summed E-state index contributed by atoms with van der Waals surface area (Å²) in [5.74, 6) is 0. The molecule has 0 heterocycles. The van der Waals surface area contributed by atoms with Crippen LogP contribution in [0.4, 0.5) is 0 Å². The lowest BCUT2D eigenvalue weighted by Gasteiger charge is -2.52. The van der Waals surface area contributed by atoms with E-state index < -0.39 is 0 Å². The lowest BCUT2D eigenvalue weighted by molar-refractivity contribution is -0.0276. The summed E-state index contributed by atoms with van der Waals surface area (Å²) in [7, 11) is 0. The minimum Gasteiger partial charge on any atom is -0.0654 e. The van der Waals surface area contributed by atoms with Gasteiger partial charge in [-0.05, 0) is 22.7 Å². The van der Waals surface area contributed by atoms with Crippen molar-refractivity contribution in [2.75, 3.05) is 0 Å². The first kappa shape index (κ1) is 14.0. The highest BCUT2D eigenvalue weighted by molar-refractivity contribution is 4.95. The molecule has 0 aromatic heterocycles. The van der Waals surface area contributed by atoms with Crippen LogP contribution in [0.25, 0.3) is 0 Å². The second-order valence-corrected chi connectivity index (χ2v) is 6.50. The zero-order valence-electron chi connectivity index (χ0n) is 11.6. The molecular weight excluding hydrogens is 168 g/mol. The SMILES string of the molecule is CCCC(C)(C)C(C)(C)C(C)(C)CC. The Labute approximate surface area is 91.5 Å². The van der Waals surface area contributed by atoms with Crippen LogP contribution in [0.3, 0.4) is 0 Å². The molecule has 0 aliphatic carbocycles. The van der Waals surface area contributed by atoms with E-state index in [0.717, 1.165) is 0 Å². The van der Waals surface area contributed by atoms with Gasteiger partial charge in [0.25, 0.3) is 0 Å². The summed E-state index contributed by atoms with van der Waals surface area (Å²) in [5, 5.41) is 0. The van der Waals surface area contributed by atoms with Gasteiger partial charge in [-0.15, -0.1) is 0 Å². The fourth-order valence-electron chi connectivity index (χ4n) is 2.30. The second-order valence-electron chi connectivity index (χ2n) is 6.50. The minimum atomic E-state index is 0.394. The fraction of sp³-hybridized carbons (Fsp3) is 1.00. The highest BCUT2D eigenvalue weighted by atomic mass is 14.5. The third-order valence-corrected chi connectivity index (χ3v) is 5.14. The van der Waals surface area contributed by atoms with Crippen LogP contribution in [-0.4, -0.2) is 0 Å². The summed E-state index contributed by atoms with van der Waals surface area (Å²) in [6, 6.07) is 0. The van der Waals surface area contributed by atoms with E-state index in [1.54, 1.807) is 0 Å². The second kappa shape index (κ2) is 4.24. The van der Waals surface area contributed by atoms with E-state index >= 15 is 0 Å². The van der Waals surface area contributed by atoms with Gasteiger partial charge in [0.15, 0.2) is 0 Å². The Kier molecular flexibility index (Phi) is 4.24. The van der Waals surface area contributed by atoms with Crippen LogP contribution in [0.15, 0.2) is 0 Å². The standard InChI is InChI=1S/C14H30/c1-9-11-13(5,6)14(7,8)12(3,4)10-2/h9-11H2,1-8H3. The molecule has 0 rings (SSSR count). The van der Waals surface area contributed by atoms with Crippen molar-refractivity contribution in [2.24, 2.45) is 16.2 Å². The molecule has 0 spiro atoms. The quantitative estimate of drug-likeness (QED) is 0.564. The van der Waals surface area contributed by atoms with E-state index in [1.165, 1.54) is 19.3 Å². The molecule has 0 fully saturated rings. The highest BCUT2D eigenvalue weighted by Gasteiger charge is 2.45. The molecule has 0 unspecified atom stereocenters. The summed E-state index contributed by atoms with van der Waals surface area (Å²) in [6.07, 6.45) is 3.87. The van der Waals surface area contributed by atoms with Gasteiger partial charge in [0.2, 0.25) is 0 Å². The van der Waals surface area contributed by atoms with E-state index in [1.807, 2.05) is 0 Å². The van der Waals surface area contributed by atoms with Crippen molar-refractivity contribution < 1.29 is 0 Å². The van der Waals surface area contributed by atoms with Gasteiger partial charge < -0.3 is 0 Å². The van der Waals surface area contributed by atoms with Gasteiger partial charge in [-0.25, -0.2) is 0 Å². The summed E-state index contributed by atoms with van der Waals surface area (Å²) >= 11 is 0. The van der Waals surface area contributed by atoms with E-state index in [-0.39, 0.29) is 0 Å². The van der Waals surface area contributed by atoms with Crippen molar-refractivity contribution in [1.29, 1.82) is 0 Å². The highest BCUT2D eigenvalue weighted by Crippen LogP contribution is 2.54. The molecule has 0 heteroatoms. The summed E-state index contributed by atoms with van der Waals surface area (Å²) in [5.41, 5.74) is 1.25. The number of hydrogen-bond donors (Lipinski definition) is 0. The van der Waals surface area contributed by atoms with Gasteiger partial charge in [0.05, 0.1) is 0 Å². The predicted molar refractivity (Wildman–Crippen MR) is 66.5 cm³/mol. The summed E-state index contributed by atoms with van der Waals surface area (Å²) in [4.78, 5) is 0. The molecule has 14 heavy (non-hydrogen) atoms. The molecule has 0 amide bonds. The van der Waals surface area contributed by atoms with Crippen LogP contribution in [0.5, 0.6) is 0 Å². The zero-order chi connectivity index (χ0) is 11.6. The van der Waals surface area contributed by atoms with Crippen molar-refractivity contribution >= 4 is 0 Å². The predicted octanol–water partition coefficient (Wildman–Crippen LogP) is 5.28. The molecule has 86 valence electrons. The molecule has 0 bridgehead atoms. The molecule has 0 saturated heterocycles. The molecule has 0 nitrogen and oxygen atoms in total. The Morgan fingerprint density at radius 1 is 0.714 bits per heavy atom. The van der Waals surface area contributed by atoms with E-state index in [9.17, 15) is 0 Å². The maximum atomic E-state index is 2.44. The van der Waals surface area contributed by atoms with Crippen molar-refractivity contribution in [3.8, 4) is 0 Å². The average molecular weight is 198 g/mol. The van der Waals surface area contributed by atoms with E-state index in [0.29, 0.717) is 16.2 Å². The molecule has 0 saturated carbocycles. The van der Waals surface area contributed by atoms with Crippen LogP contribution in [-0.2, 0) is 0 Å². The average Bonchev–Trinajstić information content (AvgIpc) is 2.03. The van der Waals surface area contributed by atoms with Crippen molar-refractivity contribution in [3.63, 3.8) is 0 Å². The maximum Gasteiger partial charge on any atom is -0.0252 e. The van der Waals surface area contributed by atoms with Gasteiger partial charge in [-0.2, -0.15) is 0 Å². The first-order chi connectivity index (χ1) is 6.12. The lowest BCUT2D eigenvalue weighted by Crippen LogP contribution is -2.44. The van der Waals surface area contributed by atoms with E-state index in [4.69, 9.17) is 0 Å². The smallest absolute Gasteiger partial charge is 0.0252 e. The van der Waals surface area contributed by atoms with Crippen LogP contribution in [0.2, 0.25) is 0 Å². The maximum absolute atomic E-state index is 2.44. The van der Waals surface area contributed by atoms with Gasteiger partial charge in [0.1, 0.15) is 0 Å². The van der Waals surface area contributed by atoms with Crippen LogP contribution in [0.1, 0.15) is 74.7 Å². The molecule has 0 atom stereocenters. The van der Waals surface area contributed by atoms with Crippen molar-refractivity contribution in [2.45, 2.75) is 74.7 Å². The largest absolute Gasteiger partial charge is 0.0654 e. The van der Waals surface area contributed by atoms with Crippen LogP contribution < -0.4 is 0 Å². The molecule has 0 aliphatic rings. The first-order valence-electron chi connectivity index (χ1n) is 6.12. The van der Waals surface area contributed by atoms with Crippen molar-refractivity contribution in [1.82, 2.24) is 0 Å². The summed E-state index contributed by atoms with van der Waals surface area (Å²) in [6.45, 7) is 19.1. The molecular formula is C14H30. The Morgan fingerprint density at radius 2 is 1.14 bits per heavy atom. The molecule has 0 aliphatic heterocycles. The molecule has 0 aromatic carbocycles. The minimum absolute atomic E-state index is 0.394. The monoisotopic (exact) mass is 198 g/mol. The van der Waals surface area contributed by atoms with Crippen LogP contribution >= 0.6 is 0 Å². The van der Waals surface area contributed by atoms with Crippen LogP contribution in [0, 0.1) is 16.2 Å². The third-order valence-electron chi connectivity index (χ3n) is 5.14.